The lowest BCUT2D eigenvalue weighted by atomic mass is 9.86. The molecule has 0 saturated heterocycles. The Hall–Kier alpha value is -1.68. The highest BCUT2D eigenvalue weighted by molar-refractivity contribution is 9.09. The summed E-state index contributed by atoms with van der Waals surface area (Å²) in [5.41, 5.74) is 7.62. The van der Waals surface area contributed by atoms with Crippen molar-refractivity contribution >= 4 is 89.5 Å². The molecule has 220 valence electrons. The molecule has 0 spiro atoms. The molecule has 4 heterocycles. The third-order valence-electron chi connectivity index (χ3n) is 7.91. The predicted octanol–water partition coefficient (Wildman–Crippen LogP) is 9.16. The van der Waals surface area contributed by atoms with Crippen LogP contribution in [0.4, 0.5) is 0 Å². The van der Waals surface area contributed by atoms with Gasteiger partial charge < -0.3 is 9.80 Å². The fourth-order valence-corrected chi connectivity index (χ4v) is 9.23. The van der Waals surface area contributed by atoms with Gasteiger partial charge in [0.2, 0.25) is 11.8 Å². The number of carbonyl (C=O) groups is 2. The molecule has 2 amide bonds. The van der Waals surface area contributed by atoms with Gasteiger partial charge in [-0.2, -0.15) is 0 Å². The number of nitrogens with zero attached hydrogens (tertiary/aromatic N) is 2. The molecule has 0 fully saturated rings. The van der Waals surface area contributed by atoms with E-state index in [-0.39, 0.29) is 23.7 Å². The van der Waals surface area contributed by atoms with Crippen LogP contribution in [0.15, 0.2) is 60.7 Å². The first-order chi connectivity index (χ1) is 20.2. The van der Waals surface area contributed by atoms with E-state index in [9.17, 15) is 9.59 Å². The normalized spacial score (nSPS) is 17.7. The highest BCUT2D eigenvalue weighted by Gasteiger charge is 2.32. The second kappa shape index (κ2) is 14.0. The Morgan fingerprint density at radius 1 is 0.714 bits per heavy atom. The Morgan fingerprint density at radius 2 is 1.10 bits per heavy atom. The number of fused-ring (bicyclic) bond motifs is 2. The van der Waals surface area contributed by atoms with E-state index in [1.165, 1.54) is 43.1 Å². The van der Waals surface area contributed by atoms with Crippen LogP contribution in [-0.2, 0) is 22.7 Å². The Balaban J connectivity index is 0.000000168. The van der Waals surface area contributed by atoms with Crippen LogP contribution in [-0.4, -0.2) is 45.4 Å². The van der Waals surface area contributed by atoms with Gasteiger partial charge in [0.15, 0.2) is 0 Å². The van der Waals surface area contributed by atoms with E-state index in [1.54, 1.807) is 22.7 Å². The van der Waals surface area contributed by atoms with Crippen molar-refractivity contribution in [3.05, 3.63) is 112 Å². The van der Waals surface area contributed by atoms with Crippen LogP contribution in [0.25, 0.3) is 0 Å². The van der Waals surface area contributed by atoms with Crippen LogP contribution in [0.5, 0.6) is 0 Å². The van der Waals surface area contributed by atoms with Crippen LogP contribution in [0, 0.1) is 13.8 Å². The molecular weight excluding hydrogens is 739 g/mol. The van der Waals surface area contributed by atoms with Gasteiger partial charge in [0.05, 0.1) is 32.4 Å². The van der Waals surface area contributed by atoms with Gasteiger partial charge in [0, 0.05) is 34.7 Å². The zero-order chi connectivity index (χ0) is 30.0. The standard InChI is InChI=1S/2C16H15BrClNOS/c2*1-10-4-2-3-5-11(10)13-8-19(16(20)7-17)9-14-12(13)6-15(18)21-14/h2*2-6,13H,7-9H2,1H3/t2*13-/m10/s1. The molecule has 0 radical (unpaired) electrons. The number of hydrogen-bond acceptors (Lipinski definition) is 4. The first-order valence-corrected chi connectivity index (χ1v) is 18.2. The summed E-state index contributed by atoms with van der Waals surface area (Å²) in [4.78, 5) is 30.4. The summed E-state index contributed by atoms with van der Waals surface area (Å²) < 4.78 is 1.60. The summed E-state index contributed by atoms with van der Waals surface area (Å²) in [6, 6.07) is 20.9. The van der Waals surface area contributed by atoms with E-state index in [2.05, 4.69) is 94.2 Å². The number of hydrogen-bond donors (Lipinski definition) is 0. The van der Waals surface area contributed by atoms with Crippen LogP contribution in [0.1, 0.15) is 55.0 Å². The summed E-state index contributed by atoms with van der Waals surface area (Å²) in [5.74, 6) is 0.677. The van der Waals surface area contributed by atoms with Gasteiger partial charge in [-0.25, -0.2) is 0 Å². The predicted molar refractivity (Wildman–Crippen MR) is 183 cm³/mol. The second-order valence-electron chi connectivity index (χ2n) is 10.5. The van der Waals surface area contributed by atoms with Crippen molar-refractivity contribution in [1.82, 2.24) is 9.80 Å². The lowest BCUT2D eigenvalue weighted by molar-refractivity contribution is -0.130. The summed E-state index contributed by atoms with van der Waals surface area (Å²) >= 11 is 22.1. The van der Waals surface area contributed by atoms with Crippen molar-refractivity contribution in [3.63, 3.8) is 0 Å². The molecule has 0 saturated carbocycles. The fraction of sp³-hybridized carbons (Fsp3) is 0.312. The summed E-state index contributed by atoms with van der Waals surface area (Å²) in [6.07, 6.45) is 0. The maximum absolute atomic E-state index is 12.1. The summed E-state index contributed by atoms with van der Waals surface area (Å²) in [7, 11) is 0. The molecule has 4 nitrogen and oxygen atoms in total. The van der Waals surface area contributed by atoms with Gasteiger partial charge in [-0.15, -0.1) is 22.7 Å². The number of amides is 2. The molecule has 2 atom stereocenters. The average molecular weight is 769 g/mol. The van der Waals surface area contributed by atoms with E-state index in [0.29, 0.717) is 23.7 Å². The maximum Gasteiger partial charge on any atom is 0.233 e. The Labute approximate surface area is 281 Å². The first-order valence-electron chi connectivity index (χ1n) is 13.5. The van der Waals surface area contributed by atoms with Crippen molar-refractivity contribution in [3.8, 4) is 0 Å². The van der Waals surface area contributed by atoms with Crippen molar-refractivity contribution in [1.29, 1.82) is 0 Å². The lowest BCUT2D eigenvalue weighted by Gasteiger charge is -2.33. The van der Waals surface area contributed by atoms with Gasteiger partial charge in [-0.05, 0) is 59.4 Å². The van der Waals surface area contributed by atoms with E-state index >= 15 is 0 Å². The van der Waals surface area contributed by atoms with Crippen LogP contribution >= 0.6 is 77.7 Å². The Kier molecular flexibility index (Phi) is 10.5. The molecule has 0 N–H and O–H groups in total. The van der Waals surface area contributed by atoms with Gasteiger partial charge >= 0.3 is 0 Å². The smallest absolute Gasteiger partial charge is 0.233 e. The third-order valence-corrected chi connectivity index (χ3v) is 11.4. The summed E-state index contributed by atoms with van der Waals surface area (Å²) in [6.45, 7) is 7.01. The molecule has 2 aliphatic rings. The molecule has 2 aromatic heterocycles. The lowest BCUT2D eigenvalue weighted by Crippen LogP contribution is -2.38. The number of thiophene rings is 2. The third kappa shape index (κ3) is 6.84. The van der Waals surface area contributed by atoms with E-state index < -0.39 is 0 Å². The number of aryl methyl sites for hydroxylation is 2. The fourth-order valence-electron chi connectivity index (χ4n) is 5.80. The largest absolute Gasteiger partial charge is 0.336 e. The number of rotatable bonds is 4. The molecule has 4 aromatic rings. The molecule has 6 rings (SSSR count). The molecule has 2 aliphatic heterocycles. The number of halogens is 4. The van der Waals surface area contributed by atoms with Gasteiger partial charge in [-0.1, -0.05) is 104 Å². The second-order valence-corrected chi connectivity index (χ2v) is 15.1. The quantitative estimate of drug-likeness (QED) is 0.195. The van der Waals surface area contributed by atoms with E-state index in [1.807, 2.05) is 21.9 Å². The minimum Gasteiger partial charge on any atom is -0.336 e. The molecule has 0 bridgehead atoms. The highest BCUT2D eigenvalue weighted by atomic mass is 79.9. The minimum atomic E-state index is 0.128. The SMILES string of the molecule is Cc1ccccc1[C@@H]1CN(C(=O)CBr)Cc2sc(Cl)cc21.Cc1ccccc1[C@H]1CN(C(=O)CBr)Cc2sc(Cl)cc21. The monoisotopic (exact) mass is 766 g/mol. The number of carbonyl (C=O) groups excluding carboxylic acids is 2. The van der Waals surface area contributed by atoms with Gasteiger partial charge in [0.1, 0.15) is 0 Å². The van der Waals surface area contributed by atoms with E-state index in [4.69, 9.17) is 23.2 Å². The van der Waals surface area contributed by atoms with E-state index in [0.717, 1.165) is 21.8 Å². The van der Waals surface area contributed by atoms with Crippen molar-refractivity contribution in [2.75, 3.05) is 23.7 Å². The number of benzene rings is 2. The van der Waals surface area contributed by atoms with Gasteiger partial charge in [-0.3, -0.25) is 9.59 Å². The zero-order valence-electron chi connectivity index (χ0n) is 23.2. The number of alkyl halides is 2. The average Bonchev–Trinajstić information content (AvgIpc) is 3.56. The Bertz CT molecular complexity index is 1490. The summed E-state index contributed by atoms with van der Waals surface area (Å²) in [5, 5.41) is 0.726. The van der Waals surface area contributed by atoms with Crippen LogP contribution < -0.4 is 0 Å². The molecule has 10 heteroatoms. The molecule has 2 aromatic carbocycles. The molecule has 0 unspecified atom stereocenters. The highest BCUT2D eigenvalue weighted by Crippen LogP contribution is 2.42. The first kappa shape index (κ1) is 31.7. The van der Waals surface area contributed by atoms with Crippen molar-refractivity contribution in [2.45, 2.75) is 38.8 Å². The molecule has 42 heavy (non-hydrogen) atoms. The minimum absolute atomic E-state index is 0.128. The zero-order valence-corrected chi connectivity index (χ0v) is 29.5. The van der Waals surface area contributed by atoms with Crippen molar-refractivity contribution in [2.24, 2.45) is 0 Å². The van der Waals surface area contributed by atoms with Crippen LogP contribution in [0.2, 0.25) is 8.67 Å². The van der Waals surface area contributed by atoms with Crippen LogP contribution in [0.3, 0.4) is 0 Å². The molecule has 0 aliphatic carbocycles. The maximum atomic E-state index is 12.1. The molecular formula is C32H30Br2Cl2N2O2S2. The van der Waals surface area contributed by atoms with Crippen molar-refractivity contribution < 1.29 is 9.59 Å². The van der Waals surface area contributed by atoms with Gasteiger partial charge in [0.25, 0.3) is 0 Å². The topological polar surface area (TPSA) is 40.6 Å². The Morgan fingerprint density at radius 3 is 1.45 bits per heavy atom.